The Hall–Kier alpha value is -2.75. The Kier molecular flexibility index (Phi) is 7.45. The molecule has 3 nitrogen and oxygen atoms in total. The van der Waals surface area contributed by atoms with Gasteiger partial charge in [-0.25, -0.2) is 0 Å². The molecule has 0 N–H and O–H groups in total. The lowest BCUT2D eigenvalue weighted by Gasteiger charge is -2.46. The zero-order valence-electron chi connectivity index (χ0n) is 19.8. The minimum absolute atomic E-state index is 0.577. The third kappa shape index (κ3) is 6.28. The van der Waals surface area contributed by atoms with Crippen LogP contribution in [0.4, 0.5) is 0 Å². The van der Waals surface area contributed by atoms with Crippen molar-refractivity contribution in [1.82, 2.24) is 0 Å². The lowest BCUT2D eigenvalue weighted by Crippen LogP contribution is -2.55. The lowest BCUT2D eigenvalue weighted by atomic mass is 9.89. The molecule has 5 heteroatoms. The minimum atomic E-state index is -2.67. The van der Waals surface area contributed by atoms with E-state index in [1.807, 2.05) is 24.3 Å². The molecule has 0 bridgehead atoms. The van der Waals surface area contributed by atoms with Gasteiger partial charge in [0.2, 0.25) is 8.32 Å². The molecule has 0 amide bonds. The number of benzene rings is 4. The van der Waals surface area contributed by atoms with E-state index in [0.29, 0.717) is 12.8 Å². The second-order valence-electron chi connectivity index (χ2n) is 9.65. The Morgan fingerprint density at radius 1 is 0.600 bits per heavy atom. The van der Waals surface area contributed by atoms with E-state index >= 15 is 0 Å². The van der Waals surface area contributed by atoms with Gasteiger partial charge in [0.05, 0.1) is 5.60 Å². The maximum absolute atomic E-state index is 13.4. The lowest BCUT2D eigenvalue weighted by molar-refractivity contribution is 0.0650. The van der Waals surface area contributed by atoms with E-state index in [4.69, 9.17) is 8.74 Å². The molecule has 35 heavy (non-hydrogen) atoms. The van der Waals surface area contributed by atoms with E-state index in [0.717, 1.165) is 18.1 Å². The largest absolute Gasteiger partial charge is 0.351 e. The van der Waals surface area contributed by atoms with Crippen molar-refractivity contribution in [3.63, 3.8) is 0 Å². The standard InChI is InChI=1S/C30H31O3PSi/c31-34-32-30(21-26-13-5-1-6-14-26,22-27-15-7-2-8-16-27)25-35(33-34,23-28-17-9-3-10-18-28)24-29-19-11-4-12-20-29/h1-20,34H,21-25H2. The van der Waals surface area contributed by atoms with Crippen LogP contribution in [0.25, 0.3) is 0 Å². The monoisotopic (exact) mass is 498 g/mol. The number of rotatable bonds is 8. The van der Waals surface area contributed by atoms with Crippen LogP contribution >= 0.6 is 8.25 Å². The highest BCUT2D eigenvalue weighted by Gasteiger charge is 2.51. The smallest absolute Gasteiger partial charge is 0.310 e. The van der Waals surface area contributed by atoms with Crippen LogP contribution in [0.1, 0.15) is 22.3 Å². The van der Waals surface area contributed by atoms with Crippen LogP contribution in [0.15, 0.2) is 121 Å². The molecule has 178 valence electrons. The average molecular weight is 499 g/mol. The van der Waals surface area contributed by atoms with E-state index in [2.05, 4.69) is 97.1 Å². The highest BCUT2D eigenvalue weighted by molar-refractivity contribution is 7.36. The molecule has 1 aliphatic heterocycles. The number of hydrogen-bond donors (Lipinski definition) is 0. The van der Waals surface area contributed by atoms with Crippen molar-refractivity contribution in [3.8, 4) is 0 Å². The predicted molar refractivity (Wildman–Crippen MR) is 145 cm³/mol. The molecule has 0 saturated carbocycles. The predicted octanol–water partition coefficient (Wildman–Crippen LogP) is 7.16. The van der Waals surface area contributed by atoms with Gasteiger partial charge in [0.1, 0.15) is 0 Å². The Bertz CT molecular complexity index is 1050. The van der Waals surface area contributed by atoms with Crippen molar-refractivity contribution < 1.29 is 13.3 Å². The van der Waals surface area contributed by atoms with Crippen LogP contribution in [0.5, 0.6) is 0 Å². The van der Waals surface area contributed by atoms with Gasteiger partial charge in [-0.3, -0.25) is 4.57 Å². The molecule has 1 aliphatic rings. The van der Waals surface area contributed by atoms with Gasteiger partial charge in [-0.15, -0.1) is 0 Å². The third-order valence-corrected chi connectivity index (χ3v) is 13.1. The molecule has 4 aromatic carbocycles. The van der Waals surface area contributed by atoms with E-state index in [-0.39, 0.29) is 0 Å². The normalized spacial score (nSPS) is 18.7. The molecular formula is C30H31O3PSi. The van der Waals surface area contributed by atoms with Gasteiger partial charge in [0.25, 0.3) is 0 Å². The molecule has 0 aliphatic carbocycles. The van der Waals surface area contributed by atoms with Crippen molar-refractivity contribution >= 4 is 16.6 Å². The highest BCUT2D eigenvalue weighted by atomic mass is 31.1. The summed E-state index contributed by atoms with van der Waals surface area (Å²) in [6.45, 7) is 0. The Morgan fingerprint density at radius 2 is 0.971 bits per heavy atom. The third-order valence-electron chi connectivity index (χ3n) is 6.72. The van der Waals surface area contributed by atoms with Crippen molar-refractivity contribution in [3.05, 3.63) is 144 Å². The van der Waals surface area contributed by atoms with Gasteiger partial charge >= 0.3 is 8.25 Å². The molecular weight excluding hydrogens is 467 g/mol. The van der Waals surface area contributed by atoms with Crippen molar-refractivity contribution in [2.24, 2.45) is 0 Å². The van der Waals surface area contributed by atoms with Gasteiger partial charge in [-0.2, -0.15) is 0 Å². The fourth-order valence-corrected chi connectivity index (χ4v) is 12.4. The summed E-state index contributed by atoms with van der Waals surface area (Å²) in [6, 6.07) is 44.3. The van der Waals surface area contributed by atoms with Crippen molar-refractivity contribution in [2.45, 2.75) is 36.6 Å². The van der Waals surface area contributed by atoms with Crippen LogP contribution in [0, 0.1) is 0 Å². The number of hydrogen-bond acceptors (Lipinski definition) is 3. The summed E-state index contributed by atoms with van der Waals surface area (Å²) in [7, 11) is -5.23. The zero-order valence-corrected chi connectivity index (χ0v) is 21.8. The summed E-state index contributed by atoms with van der Waals surface area (Å²) in [5, 5.41) is 0. The summed E-state index contributed by atoms with van der Waals surface area (Å²) in [4.78, 5) is 0. The topological polar surface area (TPSA) is 35.5 Å². The first-order chi connectivity index (χ1) is 17.1. The molecule has 0 radical (unpaired) electrons. The van der Waals surface area contributed by atoms with Crippen LogP contribution < -0.4 is 0 Å². The summed E-state index contributed by atoms with van der Waals surface area (Å²) in [6.07, 6.45) is 1.42. The van der Waals surface area contributed by atoms with Gasteiger partial charge in [-0.05, 0) is 40.4 Å². The van der Waals surface area contributed by atoms with Gasteiger partial charge in [0.15, 0.2) is 0 Å². The van der Waals surface area contributed by atoms with E-state index in [1.54, 1.807) is 0 Å². The van der Waals surface area contributed by atoms with Gasteiger partial charge in [0, 0.05) is 12.8 Å². The van der Waals surface area contributed by atoms with Crippen molar-refractivity contribution in [2.75, 3.05) is 0 Å². The minimum Gasteiger partial charge on any atom is -0.351 e. The molecule has 4 aromatic rings. The average Bonchev–Trinajstić information content (AvgIpc) is 2.86. The highest BCUT2D eigenvalue weighted by Crippen LogP contribution is 2.50. The van der Waals surface area contributed by atoms with Crippen LogP contribution in [-0.2, 0) is 38.2 Å². The molecule has 5 rings (SSSR count). The Labute approximate surface area is 209 Å². The van der Waals surface area contributed by atoms with Crippen LogP contribution in [0.2, 0.25) is 6.04 Å². The summed E-state index contributed by atoms with van der Waals surface area (Å²) >= 11 is 0. The molecule has 1 heterocycles. The molecule has 0 aromatic heterocycles. The maximum Gasteiger partial charge on any atom is 0.310 e. The Balaban J connectivity index is 1.57. The Morgan fingerprint density at radius 3 is 1.37 bits per heavy atom. The zero-order chi connectivity index (χ0) is 24.0. The second-order valence-corrected chi connectivity index (χ2v) is 14.6. The van der Waals surface area contributed by atoms with Gasteiger partial charge < -0.3 is 8.74 Å². The SMILES string of the molecule is O=[PH]1OC(Cc2ccccc2)(Cc2ccccc2)C[Si](Cc2ccccc2)(Cc2ccccc2)O1. The first-order valence-corrected chi connectivity index (χ1v) is 16.0. The quantitative estimate of drug-likeness (QED) is 0.191. The van der Waals surface area contributed by atoms with E-state index in [9.17, 15) is 4.57 Å². The van der Waals surface area contributed by atoms with E-state index < -0.39 is 22.2 Å². The second kappa shape index (κ2) is 10.9. The van der Waals surface area contributed by atoms with Gasteiger partial charge in [-0.1, -0.05) is 121 Å². The molecule has 1 saturated heterocycles. The fraction of sp³-hybridized carbons (Fsp3) is 0.200. The summed E-state index contributed by atoms with van der Waals surface area (Å²) < 4.78 is 26.3. The van der Waals surface area contributed by atoms with E-state index in [1.165, 1.54) is 22.3 Å². The molecule has 1 atom stereocenters. The maximum atomic E-state index is 13.4. The van der Waals surface area contributed by atoms with Crippen molar-refractivity contribution in [1.29, 1.82) is 0 Å². The summed E-state index contributed by atoms with van der Waals surface area (Å²) in [5.41, 5.74) is 4.29. The molecule has 1 unspecified atom stereocenters. The van der Waals surface area contributed by atoms with Crippen LogP contribution in [-0.4, -0.2) is 13.9 Å². The molecule has 0 spiro atoms. The fourth-order valence-electron chi connectivity index (χ4n) is 5.42. The first kappa shape index (κ1) is 24.0. The van der Waals surface area contributed by atoms with Crippen LogP contribution in [0.3, 0.4) is 0 Å². The summed E-state index contributed by atoms with van der Waals surface area (Å²) in [5.74, 6) is 0. The first-order valence-electron chi connectivity index (χ1n) is 12.2. The molecule has 1 fully saturated rings.